The Kier molecular flexibility index (Phi) is 6.68. The van der Waals surface area contributed by atoms with Crippen LogP contribution in [0.2, 0.25) is 0 Å². The first kappa shape index (κ1) is 23.6. The second-order valence-corrected chi connectivity index (χ2v) is 9.49. The smallest absolute Gasteiger partial charge is 0.220 e. The van der Waals surface area contributed by atoms with Crippen molar-refractivity contribution in [3.63, 3.8) is 0 Å². The summed E-state index contributed by atoms with van der Waals surface area (Å²) < 4.78 is 2.15. The van der Waals surface area contributed by atoms with Crippen molar-refractivity contribution in [3.05, 3.63) is 120 Å². The van der Waals surface area contributed by atoms with Gasteiger partial charge in [0.1, 0.15) is 5.65 Å². The summed E-state index contributed by atoms with van der Waals surface area (Å²) in [5, 5.41) is 3.15. The molecule has 0 spiro atoms. The summed E-state index contributed by atoms with van der Waals surface area (Å²) in [5.41, 5.74) is 9.76. The predicted octanol–water partition coefficient (Wildman–Crippen LogP) is 7.10. The maximum absolute atomic E-state index is 12.9. The molecule has 36 heavy (non-hydrogen) atoms. The fourth-order valence-corrected chi connectivity index (χ4v) is 4.64. The second kappa shape index (κ2) is 10.2. The standard InChI is InChI=1S/C32H31N3O/c1-22-12-14-26(15-13-22)32-29(17-19-31(36)33-24(3)25-9-5-4-6-10-25)35-21-28(16-18-30(35)34-32)27-11-7-8-23(2)20-27/h4-16,18,20-21,24H,17,19H2,1-3H3,(H,33,36)/t24-/m1/s1. The third-order valence-electron chi connectivity index (χ3n) is 6.66. The highest BCUT2D eigenvalue weighted by Gasteiger charge is 2.17. The largest absolute Gasteiger partial charge is 0.350 e. The number of hydrogen-bond donors (Lipinski definition) is 1. The van der Waals surface area contributed by atoms with Crippen molar-refractivity contribution in [2.75, 3.05) is 0 Å². The van der Waals surface area contributed by atoms with Gasteiger partial charge in [-0.05, 0) is 56.0 Å². The van der Waals surface area contributed by atoms with Crippen LogP contribution in [-0.4, -0.2) is 15.3 Å². The van der Waals surface area contributed by atoms with Gasteiger partial charge in [0, 0.05) is 18.2 Å². The minimum atomic E-state index is -0.0367. The third kappa shape index (κ3) is 5.08. The summed E-state index contributed by atoms with van der Waals surface area (Å²) in [6.45, 7) is 6.21. The number of aromatic nitrogens is 2. The molecule has 0 saturated carbocycles. The van der Waals surface area contributed by atoms with Crippen molar-refractivity contribution in [3.8, 4) is 22.4 Å². The maximum Gasteiger partial charge on any atom is 0.220 e. The van der Waals surface area contributed by atoms with E-state index < -0.39 is 0 Å². The molecular formula is C32H31N3O. The monoisotopic (exact) mass is 473 g/mol. The van der Waals surface area contributed by atoms with Crippen LogP contribution >= 0.6 is 0 Å². The van der Waals surface area contributed by atoms with Gasteiger partial charge in [0.15, 0.2) is 0 Å². The van der Waals surface area contributed by atoms with Crippen molar-refractivity contribution in [2.45, 2.75) is 39.7 Å². The highest BCUT2D eigenvalue weighted by atomic mass is 16.1. The number of imidazole rings is 1. The minimum Gasteiger partial charge on any atom is -0.350 e. The molecule has 0 unspecified atom stereocenters. The van der Waals surface area contributed by atoms with Crippen molar-refractivity contribution >= 4 is 11.6 Å². The van der Waals surface area contributed by atoms with E-state index in [0.29, 0.717) is 12.8 Å². The molecule has 4 heteroatoms. The van der Waals surface area contributed by atoms with Crippen molar-refractivity contribution in [1.82, 2.24) is 14.7 Å². The molecule has 3 aromatic carbocycles. The van der Waals surface area contributed by atoms with E-state index in [1.54, 1.807) is 0 Å². The van der Waals surface area contributed by atoms with Crippen LogP contribution in [0, 0.1) is 13.8 Å². The summed E-state index contributed by atoms with van der Waals surface area (Å²) in [6.07, 6.45) is 3.13. The molecule has 0 aliphatic carbocycles. The highest BCUT2D eigenvalue weighted by molar-refractivity contribution is 5.77. The number of carbonyl (C=O) groups excluding carboxylic acids is 1. The molecule has 1 N–H and O–H groups in total. The van der Waals surface area contributed by atoms with E-state index in [-0.39, 0.29) is 11.9 Å². The molecule has 0 saturated heterocycles. The number of hydrogen-bond acceptors (Lipinski definition) is 2. The van der Waals surface area contributed by atoms with Crippen LogP contribution < -0.4 is 5.32 Å². The molecule has 1 amide bonds. The molecule has 0 aliphatic heterocycles. The molecule has 180 valence electrons. The predicted molar refractivity (Wildman–Crippen MR) is 147 cm³/mol. The molecule has 0 fully saturated rings. The molecule has 5 aromatic rings. The molecule has 0 aliphatic rings. The Morgan fingerprint density at radius 2 is 1.58 bits per heavy atom. The molecule has 0 radical (unpaired) electrons. The molecule has 2 aromatic heterocycles. The van der Waals surface area contributed by atoms with Crippen molar-refractivity contribution in [1.29, 1.82) is 0 Å². The number of nitrogens with one attached hydrogen (secondary N) is 1. The molecule has 1 atom stereocenters. The van der Waals surface area contributed by atoms with E-state index in [0.717, 1.165) is 33.7 Å². The van der Waals surface area contributed by atoms with E-state index in [2.05, 4.69) is 90.4 Å². The average molecular weight is 474 g/mol. The average Bonchev–Trinajstić information content (AvgIpc) is 3.26. The van der Waals surface area contributed by atoms with Gasteiger partial charge in [-0.2, -0.15) is 0 Å². The number of fused-ring (bicyclic) bond motifs is 1. The Hall–Kier alpha value is -4.18. The normalized spacial score (nSPS) is 12.0. The zero-order chi connectivity index (χ0) is 25.1. The number of amides is 1. The lowest BCUT2D eigenvalue weighted by Gasteiger charge is -2.14. The van der Waals surface area contributed by atoms with E-state index in [9.17, 15) is 4.79 Å². The summed E-state index contributed by atoms with van der Waals surface area (Å²) in [6, 6.07) is 31.2. The first-order valence-electron chi connectivity index (χ1n) is 12.5. The lowest BCUT2D eigenvalue weighted by molar-refractivity contribution is -0.121. The molecule has 4 nitrogen and oxygen atoms in total. The molecular weight excluding hydrogens is 442 g/mol. The fourth-order valence-electron chi connectivity index (χ4n) is 4.64. The zero-order valence-corrected chi connectivity index (χ0v) is 21.0. The Morgan fingerprint density at radius 3 is 2.33 bits per heavy atom. The Balaban J connectivity index is 1.48. The molecule has 0 bridgehead atoms. The van der Waals surface area contributed by atoms with Crippen molar-refractivity contribution in [2.24, 2.45) is 0 Å². The van der Waals surface area contributed by atoms with Gasteiger partial charge >= 0.3 is 0 Å². The van der Waals surface area contributed by atoms with Gasteiger partial charge in [-0.3, -0.25) is 4.79 Å². The van der Waals surface area contributed by atoms with Crippen LogP contribution in [0.3, 0.4) is 0 Å². The summed E-state index contributed by atoms with van der Waals surface area (Å²) in [5.74, 6) is 0.0333. The molecule has 5 rings (SSSR count). The van der Waals surface area contributed by atoms with Gasteiger partial charge in [-0.25, -0.2) is 4.98 Å². The number of nitrogens with zero attached hydrogens (tertiary/aromatic N) is 2. The van der Waals surface area contributed by atoms with E-state index >= 15 is 0 Å². The maximum atomic E-state index is 12.9. The summed E-state index contributed by atoms with van der Waals surface area (Å²) in [4.78, 5) is 17.9. The number of aryl methyl sites for hydroxylation is 3. The first-order valence-corrected chi connectivity index (χ1v) is 12.5. The van der Waals surface area contributed by atoms with Crippen LogP contribution in [-0.2, 0) is 11.2 Å². The number of carbonyl (C=O) groups is 1. The zero-order valence-electron chi connectivity index (χ0n) is 21.0. The van der Waals surface area contributed by atoms with Gasteiger partial charge in [-0.1, -0.05) is 90.0 Å². The van der Waals surface area contributed by atoms with Crippen LogP contribution in [0.15, 0.2) is 97.2 Å². The Labute approximate surface area is 212 Å². The lowest BCUT2D eigenvalue weighted by atomic mass is 10.0. The number of rotatable bonds is 7. The van der Waals surface area contributed by atoms with Crippen LogP contribution in [0.25, 0.3) is 28.0 Å². The lowest BCUT2D eigenvalue weighted by Crippen LogP contribution is -2.26. The summed E-state index contributed by atoms with van der Waals surface area (Å²) in [7, 11) is 0. The fraction of sp³-hybridized carbons (Fsp3) is 0.188. The second-order valence-electron chi connectivity index (χ2n) is 9.49. The van der Waals surface area contributed by atoms with Gasteiger partial charge in [-0.15, -0.1) is 0 Å². The Bertz CT molecular complexity index is 1500. The van der Waals surface area contributed by atoms with Crippen LogP contribution in [0.4, 0.5) is 0 Å². The summed E-state index contributed by atoms with van der Waals surface area (Å²) >= 11 is 0. The highest BCUT2D eigenvalue weighted by Crippen LogP contribution is 2.29. The molecule has 2 heterocycles. The quantitative estimate of drug-likeness (QED) is 0.274. The van der Waals surface area contributed by atoms with E-state index in [4.69, 9.17) is 4.98 Å². The van der Waals surface area contributed by atoms with E-state index in [1.165, 1.54) is 16.7 Å². The third-order valence-corrected chi connectivity index (χ3v) is 6.66. The van der Waals surface area contributed by atoms with Crippen LogP contribution in [0.5, 0.6) is 0 Å². The SMILES string of the molecule is Cc1ccc(-c2nc3ccc(-c4cccc(C)c4)cn3c2CCC(=O)N[C@H](C)c2ccccc2)cc1. The van der Waals surface area contributed by atoms with Gasteiger partial charge in [0.2, 0.25) is 5.91 Å². The van der Waals surface area contributed by atoms with E-state index in [1.807, 2.05) is 37.3 Å². The van der Waals surface area contributed by atoms with Crippen molar-refractivity contribution < 1.29 is 4.79 Å². The number of benzene rings is 3. The Morgan fingerprint density at radius 1 is 0.833 bits per heavy atom. The van der Waals surface area contributed by atoms with Gasteiger partial charge < -0.3 is 9.72 Å². The van der Waals surface area contributed by atoms with Crippen LogP contribution in [0.1, 0.15) is 41.8 Å². The topological polar surface area (TPSA) is 46.4 Å². The first-order chi connectivity index (χ1) is 17.5. The van der Waals surface area contributed by atoms with Gasteiger partial charge in [0.05, 0.1) is 17.4 Å². The van der Waals surface area contributed by atoms with Gasteiger partial charge in [0.25, 0.3) is 0 Å². The minimum absolute atomic E-state index is 0.0333. The number of pyridine rings is 1.